The van der Waals surface area contributed by atoms with E-state index >= 15 is 0 Å². The van der Waals surface area contributed by atoms with Gasteiger partial charge in [-0.25, -0.2) is 0 Å². The van der Waals surface area contributed by atoms with Crippen LogP contribution in [-0.4, -0.2) is 17.4 Å². The summed E-state index contributed by atoms with van der Waals surface area (Å²) in [4.78, 5) is 0.673. The van der Waals surface area contributed by atoms with Crippen LogP contribution in [0.4, 0.5) is 0 Å². The molecule has 21 heavy (non-hydrogen) atoms. The van der Waals surface area contributed by atoms with Crippen molar-refractivity contribution in [2.24, 2.45) is 0 Å². The molecule has 0 aliphatic carbocycles. The number of rotatable bonds is 3. The molecule has 5 heteroatoms. The number of hydrogen-bond acceptors (Lipinski definition) is 4. The number of nitriles is 1. The van der Waals surface area contributed by atoms with Crippen molar-refractivity contribution in [3.8, 4) is 17.6 Å². The predicted molar refractivity (Wildman–Crippen MR) is 78.7 cm³/mol. The van der Waals surface area contributed by atoms with Crippen molar-refractivity contribution in [2.45, 2.75) is 10.6 Å². The van der Waals surface area contributed by atoms with Gasteiger partial charge >= 0.3 is 0 Å². The normalized spacial score (nSPS) is 14.2. The van der Waals surface area contributed by atoms with Crippen LogP contribution in [-0.2, 0) is 16.6 Å². The van der Waals surface area contributed by atoms with Gasteiger partial charge in [-0.15, -0.1) is 0 Å². The third-order valence-corrected chi connectivity index (χ3v) is 4.55. The maximum atomic E-state index is 12.5. The first kappa shape index (κ1) is 13.7. The Bertz CT molecular complexity index is 737. The van der Waals surface area contributed by atoms with Crippen LogP contribution in [0.2, 0.25) is 0 Å². The lowest BCUT2D eigenvalue weighted by molar-refractivity contribution is 0.171. The molecule has 1 aliphatic rings. The molecule has 4 nitrogen and oxygen atoms in total. The summed E-state index contributed by atoms with van der Waals surface area (Å²) in [6.07, 6.45) is 0. The molecule has 0 radical (unpaired) electrons. The van der Waals surface area contributed by atoms with Crippen molar-refractivity contribution >= 4 is 10.8 Å². The Labute approximate surface area is 125 Å². The first-order chi connectivity index (χ1) is 10.3. The van der Waals surface area contributed by atoms with Gasteiger partial charge in [0.1, 0.15) is 13.2 Å². The van der Waals surface area contributed by atoms with E-state index in [1.807, 2.05) is 12.1 Å². The zero-order valence-electron chi connectivity index (χ0n) is 11.2. The first-order valence-corrected chi connectivity index (χ1v) is 7.86. The van der Waals surface area contributed by atoms with Crippen molar-refractivity contribution in [2.75, 3.05) is 13.2 Å². The zero-order valence-corrected chi connectivity index (χ0v) is 12.1. The van der Waals surface area contributed by atoms with Crippen molar-refractivity contribution < 1.29 is 13.7 Å². The molecule has 2 aromatic carbocycles. The molecule has 1 unspecified atom stereocenters. The largest absolute Gasteiger partial charge is 0.486 e. The minimum Gasteiger partial charge on any atom is -0.486 e. The summed E-state index contributed by atoms with van der Waals surface area (Å²) >= 11 is 0. The Morgan fingerprint density at radius 2 is 1.86 bits per heavy atom. The van der Waals surface area contributed by atoms with Crippen molar-refractivity contribution in [1.29, 1.82) is 5.26 Å². The van der Waals surface area contributed by atoms with Crippen LogP contribution in [0.25, 0.3) is 0 Å². The molecule has 0 fully saturated rings. The molecule has 0 aromatic heterocycles. The van der Waals surface area contributed by atoms with Crippen molar-refractivity contribution in [3.63, 3.8) is 0 Å². The highest BCUT2D eigenvalue weighted by Crippen LogP contribution is 2.32. The molecule has 0 saturated heterocycles. The lowest BCUT2D eigenvalue weighted by atomic mass is 10.1. The van der Waals surface area contributed by atoms with Gasteiger partial charge in [0, 0.05) is 11.0 Å². The van der Waals surface area contributed by atoms with Crippen LogP contribution in [0.15, 0.2) is 47.4 Å². The molecule has 0 bridgehead atoms. The average molecular weight is 299 g/mol. The lowest BCUT2D eigenvalue weighted by Gasteiger charge is -2.18. The maximum Gasteiger partial charge on any atom is 0.162 e. The molecule has 3 rings (SSSR count). The summed E-state index contributed by atoms with van der Waals surface area (Å²) in [6, 6.07) is 14.6. The van der Waals surface area contributed by atoms with E-state index in [0.717, 1.165) is 5.56 Å². The Morgan fingerprint density at radius 3 is 2.67 bits per heavy atom. The second-order valence-electron chi connectivity index (χ2n) is 4.56. The maximum absolute atomic E-state index is 12.5. The molecule has 1 heterocycles. The first-order valence-electron chi connectivity index (χ1n) is 6.54. The highest BCUT2D eigenvalue weighted by Gasteiger charge is 2.15. The minimum absolute atomic E-state index is 0.309. The summed E-state index contributed by atoms with van der Waals surface area (Å²) in [6.45, 7) is 1.03. The molecule has 1 aliphatic heterocycles. The fourth-order valence-corrected chi connectivity index (χ4v) is 3.30. The SMILES string of the molecule is N#Cc1ccccc1CS(=O)c1ccc2c(c1)OCCO2. The summed E-state index contributed by atoms with van der Waals surface area (Å²) < 4.78 is 23.4. The highest BCUT2D eigenvalue weighted by atomic mass is 32.2. The van der Waals surface area contributed by atoms with E-state index in [1.54, 1.807) is 30.3 Å². The smallest absolute Gasteiger partial charge is 0.162 e. The molecule has 0 saturated carbocycles. The van der Waals surface area contributed by atoms with E-state index in [4.69, 9.17) is 14.7 Å². The van der Waals surface area contributed by atoms with Crippen molar-refractivity contribution in [3.05, 3.63) is 53.6 Å². The van der Waals surface area contributed by atoms with Gasteiger partial charge in [-0.2, -0.15) is 5.26 Å². The number of benzene rings is 2. The Hall–Kier alpha value is -2.32. The highest BCUT2D eigenvalue weighted by molar-refractivity contribution is 7.84. The Morgan fingerprint density at radius 1 is 1.10 bits per heavy atom. The number of fused-ring (bicyclic) bond motifs is 1. The molecule has 2 aromatic rings. The van der Waals surface area contributed by atoms with Gasteiger partial charge in [-0.3, -0.25) is 4.21 Å². The van der Waals surface area contributed by atoms with Gasteiger partial charge in [0.2, 0.25) is 0 Å². The lowest BCUT2D eigenvalue weighted by Crippen LogP contribution is -2.15. The van der Waals surface area contributed by atoms with E-state index in [1.165, 1.54) is 0 Å². The number of hydrogen-bond donors (Lipinski definition) is 0. The number of ether oxygens (including phenoxy) is 2. The van der Waals surface area contributed by atoms with Crippen LogP contribution in [0.5, 0.6) is 11.5 Å². The third kappa shape index (κ3) is 2.91. The second kappa shape index (κ2) is 5.98. The van der Waals surface area contributed by atoms with Gasteiger partial charge in [0.25, 0.3) is 0 Å². The van der Waals surface area contributed by atoms with Gasteiger partial charge in [0.15, 0.2) is 11.5 Å². The molecule has 1 atom stereocenters. The molecule has 0 amide bonds. The second-order valence-corrected chi connectivity index (χ2v) is 6.02. The fraction of sp³-hybridized carbons (Fsp3) is 0.188. The average Bonchev–Trinajstić information content (AvgIpc) is 2.55. The predicted octanol–water partition coefficient (Wildman–Crippen LogP) is 2.64. The van der Waals surface area contributed by atoms with Crippen LogP contribution in [0.1, 0.15) is 11.1 Å². The molecule has 0 spiro atoms. The van der Waals surface area contributed by atoms with Crippen LogP contribution in [0, 0.1) is 11.3 Å². The van der Waals surface area contributed by atoms with E-state index in [9.17, 15) is 4.21 Å². The van der Waals surface area contributed by atoms with Crippen LogP contribution in [0.3, 0.4) is 0 Å². The van der Waals surface area contributed by atoms with Crippen LogP contribution >= 0.6 is 0 Å². The summed E-state index contributed by atoms with van der Waals surface area (Å²) in [5.74, 6) is 1.61. The Balaban J connectivity index is 1.84. The van der Waals surface area contributed by atoms with Crippen LogP contribution < -0.4 is 9.47 Å². The Kier molecular flexibility index (Phi) is 3.89. The topological polar surface area (TPSA) is 59.3 Å². The quantitative estimate of drug-likeness (QED) is 0.874. The van der Waals surface area contributed by atoms with E-state index in [0.29, 0.717) is 40.9 Å². The van der Waals surface area contributed by atoms with E-state index in [2.05, 4.69) is 6.07 Å². The molecule has 0 N–H and O–H groups in total. The summed E-state index contributed by atoms with van der Waals surface area (Å²) in [5.41, 5.74) is 1.34. The fourth-order valence-electron chi connectivity index (χ4n) is 2.15. The zero-order chi connectivity index (χ0) is 14.7. The molecular formula is C16H13NO3S. The standard InChI is InChI=1S/C16H13NO3S/c17-10-12-3-1-2-4-13(12)11-21(18)14-5-6-15-16(9-14)20-8-7-19-15/h1-6,9H,7-8,11H2. The monoisotopic (exact) mass is 299 g/mol. The molecule has 106 valence electrons. The van der Waals surface area contributed by atoms with E-state index in [-0.39, 0.29) is 0 Å². The van der Waals surface area contributed by atoms with Gasteiger partial charge in [0.05, 0.1) is 28.2 Å². The van der Waals surface area contributed by atoms with Crippen molar-refractivity contribution in [1.82, 2.24) is 0 Å². The third-order valence-electron chi connectivity index (χ3n) is 3.20. The minimum atomic E-state index is -1.23. The van der Waals surface area contributed by atoms with E-state index < -0.39 is 10.8 Å². The molecular weight excluding hydrogens is 286 g/mol. The van der Waals surface area contributed by atoms with Gasteiger partial charge in [-0.05, 0) is 23.8 Å². The number of nitrogens with zero attached hydrogens (tertiary/aromatic N) is 1. The summed E-state index contributed by atoms with van der Waals surface area (Å²) in [5, 5.41) is 9.07. The van der Waals surface area contributed by atoms with Gasteiger partial charge in [-0.1, -0.05) is 18.2 Å². The van der Waals surface area contributed by atoms with Gasteiger partial charge < -0.3 is 9.47 Å². The summed E-state index contributed by atoms with van der Waals surface area (Å²) in [7, 11) is -1.23.